The summed E-state index contributed by atoms with van der Waals surface area (Å²) in [6.45, 7) is 2.56. The molecule has 2 N–H and O–H groups in total. The molecule has 1 aromatic carbocycles. The topological polar surface area (TPSA) is 67.8 Å². The summed E-state index contributed by atoms with van der Waals surface area (Å²) in [6, 6.07) is 4.15. The van der Waals surface area contributed by atoms with Gasteiger partial charge in [0.2, 0.25) is 0 Å². The average Bonchev–Trinajstić information content (AvgIpc) is 3.02. The van der Waals surface area contributed by atoms with Gasteiger partial charge < -0.3 is 19.9 Å². The number of carboxylic acids is 1. The van der Waals surface area contributed by atoms with E-state index in [0.29, 0.717) is 13.0 Å². The zero-order valence-corrected chi connectivity index (χ0v) is 11.7. The average molecular weight is 277 g/mol. The molecule has 3 atom stereocenters. The highest BCUT2D eigenvalue weighted by Crippen LogP contribution is 2.41. The van der Waals surface area contributed by atoms with E-state index in [1.807, 2.05) is 13.0 Å². The maximum atomic E-state index is 11.0. The fourth-order valence-corrected chi connectivity index (χ4v) is 3.05. The number of hydrogen-bond donors (Lipinski definition) is 2. The number of methoxy groups -OCH3 is 1. The molecule has 0 spiro atoms. The summed E-state index contributed by atoms with van der Waals surface area (Å²) in [4.78, 5) is 11.0. The first kappa shape index (κ1) is 13.2. The summed E-state index contributed by atoms with van der Waals surface area (Å²) in [5.74, 6) is 0.526. The van der Waals surface area contributed by atoms with Crippen molar-refractivity contribution in [3.05, 3.63) is 23.3 Å². The number of nitrogens with one attached hydrogen (secondary N) is 1. The lowest BCUT2D eigenvalue weighted by Gasteiger charge is -2.15. The fraction of sp³-hybridized carbons (Fsp3) is 0.533. The van der Waals surface area contributed by atoms with Crippen LogP contribution in [0.15, 0.2) is 12.1 Å². The Labute approximate surface area is 117 Å². The molecule has 1 aromatic rings. The van der Waals surface area contributed by atoms with Crippen LogP contribution in [-0.2, 0) is 11.2 Å². The van der Waals surface area contributed by atoms with Crippen LogP contribution in [0, 0.1) is 5.92 Å². The van der Waals surface area contributed by atoms with Gasteiger partial charge >= 0.3 is 5.97 Å². The molecule has 108 valence electrons. The largest absolute Gasteiger partial charge is 0.493 e. The number of carbonyl (C=O) groups is 1. The van der Waals surface area contributed by atoms with Crippen LogP contribution in [0.25, 0.3) is 0 Å². The normalized spacial score (nSPS) is 28.0. The monoisotopic (exact) mass is 277 g/mol. The maximum Gasteiger partial charge on any atom is 0.307 e. The predicted molar refractivity (Wildman–Crippen MR) is 73.3 cm³/mol. The van der Waals surface area contributed by atoms with E-state index in [0.717, 1.165) is 29.0 Å². The molecule has 2 heterocycles. The molecule has 5 nitrogen and oxygen atoms in total. The number of benzene rings is 1. The molecule has 3 unspecified atom stereocenters. The number of carboxylic acid groups (broad SMARTS) is 1. The summed E-state index contributed by atoms with van der Waals surface area (Å²) >= 11 is 0. The second-order valence-electron chi connectivity index (χ2n) is 5.58. The van der Waals surface area contributed by atoms with Crippen LogP contribution in [0.4, 0.5) is 0 Å². The van der Waals surface area contributed by atoms with E-state index in [-0.39, 0.29) is 18.1 Å². The smallest absolute Gasteiger partial charge is 0.307 e. The molecule has 0 amide bonds. The van der Waals surface area contributed by atoms with E-state index in [4.69, 9.17) is 14.6 Å². The molecule has 5 heteroatoms. The number of fused-ring (bicyclic) bond motifs is 1. The van der Waals surface area contributed by atoms with Gasteiger partial charge in [-0.1, -0.05) is 6.07 Å². The second-order valence-corrected chi connectivity index (χ2v) is 5.58. The van der Waals surface area contributed by atoms with Crippen molar-refractivity contribution in [2.24, 2.45) is 5.92 Å². The first-order chi connectivity index (χ1) is 9.58. The van der Waals surface area contributed by atoms with Gasteiger partial charge in [0.25, 0.3) is 0 Å². The Balaban J connectivity index is 1.88. The minimum atomic E-state index is -0.731. The Hall–Kier alpha value is -1.75. The van der Waals surface area contributed by atoms with E-state index >= 15 is 0 Å². The molecule has 0 aliphatic carbocycles. The Kier molecular flexibility index (Phi) is 3.30. The van der Waals surface area contributed by atoms with E-state index in [1.165, 1.54) is 0 Å². The molecule has 20 heavy (non-hydrogen) atoms. The van der Waals surface area contributed by atoms with Crippen molar-refractivity contribution >= 4 is 5.97 Å². The van der Waals surface area contributed by atoms with Crippen molar-refractivity contribution in [1.29, 1.82) is 0 Å². The summed E-state index contributed by atoms with van der Waals surface area (Å²) in [5, 5.41) is 12.4. The minimum absolute atomic E-state index is 0.0752. The van der Waals surface area contributed by atoms with Gasteiger partial charge in [0.05, 0.1) is 13.0 Å². The third kappa shape index (κ3) is 2.22. The minimum Gasteiger partial charge on any atom is -0.493 e. The van der Waals surface area contributed by atoms with Crippen LogP contribution in [0.3, 0.4) is 0 Å². The summed E-state index contributed by atoms with van der Waals surface area (Å²) < 4.78 is 11.2. The molecular formula is C15H19NO4. The highest BCUT2D eigenvalue weighted by atomic mass is 16.5. The van der Waals surface area contributed by atoms with Gasteiger partial charge in [0.1, 0.15) is 6.10 Å². The molecule has 1 fully saturated rings. The molecule has 2 aliphatic heterocycles. The van der Waals surface area contributed by atoms with Gasteiger partial charge in [0, 0.05) is 24.6 Å². The standard InChI is InChI=1S/C15H19NO4/c1-8-3-10-4-9(6-13(19-2)14(10)20-8)12-5-11(7-16-12)15(17)18/h4,6,8,11-12,16H,3,5,7H2,1-2H3,(H,17,18). The van der Waals surface area contributed by atoms with Crippen molar-refractivity contribution in [1.82, 2.24) is 5.32 Å². The van der Waals surface area contributed by atoms with Crippen molar-refractivity contribution in [2.75, 3.05) is 13.7 Å². The van der Waals surface area contributed by atoms with Crippen LogP contribution < -0.4 is 14.8 Å². The Morgan fingerprint density at radius 2 is 2.30 bits per heavy atom. The Morgan fingerprint density at radius 3 is 2.95 bits per heavy atom. The predicted octanol–water partition coefficient (Wildman–Crippen LogP) is 1.75. The fourth-order valence-electron chi connectivity index (χ4n) is 3.05. The van der Waals surface area contributed by atoms with Gasteiger partial charge in [-0.3, -0.25) is 4.79 Å². The first-order valence-corrected chi connectivity index (χ1v) is 6.92. The van der Waals surface area contributed by atoms with Crippen molar-refractivity contribution in [3.63, 3.8) is 0 Å². The number of rotatable bonds is 3. The molecule has 3 rings (SSSR count). The van der Waals surface area contributed by atoms with E-state index in [9.17, 15) is 4.79 Å². The van der Waals surface area contributed by atoms with Gasteiger partial charge in [-0.15, -0.1) is 0 Å². The number of aliphatic carboxylic acids is 1. The van der Waals surface area contributed by atoms with Gasteiger partial charge in [-0.25, -0.2) is 0 Å². The first-order valence-electron chi connectivity index (χ1n) is 6.92. The highest BCUT2D eigenvalue weighted by molar-refractivity contribution is 5.71. The van der Waals surface area contributed by atoms with E-state index in [2.05, 4.69) is 11.4 Å². The SMILES string of the molecule is COc1cc(C2CC(C(=O)O)CN2)cc2c1OC(C)C2. The quantitative estimate of drug-likeness (QED) is 0.881. The second kappa shape index (κ2) is 4.98. The van der Waals surface area contributed by atoms with Crippen LogP contribution >= 0.6 is 0 Å². The zero-order valence-electron chi connectivity index (χ0n) is 11.7. The third-order valence-electron chi connectivity index (χ3n) is 4.08. The van der Waals surface area contributed by atoms with Gasteiger partial charge in [0.15, 0.2) is 11.5 Å². The van der Waals surface area contributed by atoms with E-state index in [1.54, 1.807) is 7.11 Å². The van der Waals surface area contributed by atoms with Gasteiger partial charge in [-0.05, 0) is 25.0 Å². The lowest BCUT2D eigenvalue weighted by molar-refractivity contribution is -0.141. The Bertz CT molecular complexity index is 543. The number of hydrogen-bond acceptors (Lipinski definition) is 4. The molecule has 2 aliphatic rings. The molecule has 0 saturated carbocycles. The van der Waals surface area contributed by atoms with Crippen molar-refractivity contribution < 1.29 is 19.4 Å². The molecule has 0 bridgehead atoms. The van der Waals surface area contributed by atoms with Gasteiger partial charge in [-0.2, -0.15) is 0 Å². The summed E-state index contributed by atoms with van der Waals surface area (Å²) in [7, 11) is 1.63. The van der Waals surface area contributed by atoms with E-state index < -0.39 is 5.97 Å². The highest BCUT2D eigenvalue weighted by Gasteiger charge is 2.32. The molecule has 0 radical (unpaired) electrons. The maximum absolute atomic E-state index is 11.0. The van der Waals surface area contributed by atoms with Crippen LogP contribution in [-0.4, -0.2) is 30.8 Å². The zero-order chi connectivity index (χ0) is 14.3. The molecular weight excluding hydrogens is 258 g/mol. The lowest BCUT2D eigenvalue weighted by Crippen LogP contribution is -2.17. The molecule has 0 aromatic heterocycles. The van der Waals surface area contributed by atoms with Crippen LogP contribution in [0.2, 0.25) is 0 Å². The number of ether oxygens (including phenoxy) is 2. The summed E-state index contributed by atoms with van der Waals surface area (Å²) in [5.41, 5.74) is 2.23. The molecule has 1 saturated heterocycles. The van der Waals surface area contributed by atoms with Crippen molar-refractivity contribution in [2.45, 2.75) is 31.9 Å². The Morgan fingerprint density at radius 1 is 1.50 bits per heavy atom. The lowest BCUT2D eigenvalue weighted by atomic mass is 9.97. The summed E-state index contributed by atoms with van der Waals surface area (Å²) in [6.07, 6.45) is 1.65. The van der Waals surface area contributed by atoms with Crippen molar-refractivity contribution in [3.8, 4) is 11.5 Å². The third-order valence-corrected chi connectivity index (χ3v) is 4.08. The van der Waals surface area contributed by atoms with Crippen LogP contribution in [0.1, 0.15) is 30.5 Å². The van der Waals surface area contributed by atoms with Crippen LogP contribution in [0.5, 0.6) is 11.5 Å².